The van der Waals surface area contributed by atoms with Crippen LogP contribution < -0.4 is 11.5 Å². The smallest absolute Gasteiger partial charge is 0.451 e. The van der Waals surface area contributed by atoms with Crippen molar-refractivity contribution in [2.45, 2.75) is 37.5 Å². The largest absolute Gasteiger partial charge is 0.480 e. The summed E-state index contributed by atoms with van der Waals surface area (Å²) in [5, 5.41) is 8.38. The third-order valence-electron chi connectivity index (χ3n) is 1.96. The van der Waals surface area contributed by atoms with E-state index < -0.39 is 30.0 Å². The third-order valence-corrected chi connectivity index (χ3v) is 1.96. The molecule has 94 valence electrons. The van der Waals surface area contributed by atoms with Crippen LogP contribution in [-0.2, 0) is 9.59 Å². The van der Waals surface area contributed by atoms with Crippen molar-refractivity contribution in [1.82, 2.24) is 0 Å². The van der Waals surface area contributed by atoms with E-state index in [1.807, 2.05) is 0 Å². The van der Waals surface area contributed by atoms with Gasteiger partial charge in [-0.2, -0.15) is 13.2 Å². The summed E-state index contributed by atoms with van der Waals surface area (Å²) < 4.78 is 35.6. The average Bonchev–Trinajstić information content (AvgIpc) is 2.14. The minimum absolute atomic E-state index is 0.0197. The fourth-order valence-electron chi connectivity index (χ4n) is 1.02. The molecule has 0 aliphatic rings. The molecule has 2 atom stereocenters. The topological polar surface area (TPSA) is 106 Å². The molecular weight excluding hydrogens is 229 g/mol. The predicted molar refractivity (Wildman–Crippen MR) is 48.5 cm³/mol. The molecule has 5 nitrogen and oxygen atoms in total. The predicted octanol–water partition coefficient (Wildman–Crippen LogP) is 0.0273. The van der Waals surface area contributed by atoms with Gasteiger partial charge >= 0.3 is 12.1 Å². The number of carboxylic acid groups (broad SMARTS) is 1. The van der Waals surface area contributed by atoms with Crippen LogP contribution in [0.3, 0.4) is 0 Å². The highest BCUT2D eigenvalue weighted by molar-refractivity contribution is 5.88. The first-order valence-electron chi connectivity index (χ1n) is 4.51. The Morgan fingerprint density at radius 3 is 1.94 bits per heavy atom. The van der Waals surface area contributed by atoms with Crippen LogP contribution in [0.4, 0.5) is 13.2 Å². The average molecular weight is 242 g/mol. The van der Waals surface area contributed by atoms with E-state index in [1.165, 1.54) is 0 Å². The van der Waals surface area contributed by atoms with E-state index in [2.05, 4.69) is 0 Å². The Balaban J connectivity index is 3.95. The molecule has 0 radical (unpaired) electrons. The number of ketones is 1. The van der Waals surface area contributed by atoms with Crippen molar-refractivity contribution < 1.29 is 27.9 Å². The zero-order chi connectivity index (χ0) is 12.9. The van der Waals surface area contributed by atoms with Gasteiger partial charge in [0.2, 0.25) is 0 Å². The number of aliphatic carboxylic acids is 1. The highest BCUT2D eigenvalue weighted by atomic mass is 19.4. The lowest BCUT2D eigenvalue weighted by Crippen LogP contribution is -2.40. The molecule has 0 amide bonds. The molecule has 0 spiro atoms. The van der Waals surface area contributed by atoms with Crippen molar-refractivity contribution in [3.8, 4) is 0 Å². The van der Waals surface area contributed by atoms with E-state index in [0.717, 1.165) is 0 Å². The second-order valence-corrected chi connectivity index (χ2v) is 3.34. The molecule has 0 rings (SSSR count). The van der Waals surface area contributed by atoms with Crippen LogP contribution in [0.25, 0.3) is 0 Å². The number of alkyl halides is 3. The van der Waals surface area contributed by atoms with Gasteiger partial charge in [0.05, 0.1) is 6.04 Å². The normalized spacial score (nSPS) is 15.6. The molecule has 0 aromatic carbocycles. The van der Waals surface area contributed by atoms with Crippen molar-refractivity contribution in [2.75, 3.05) is 0 Å². The Hall–Kier alpha value is -1.15. The monoisotopic (exact) mass is 242 g/mol. The van der Waals surface area contributed by atoms with Gasteiger partial charge in [0, 0.05) is 0 Å². The molecule has 1 unspecified atom stereocenters. The Morgan fingerprint density at radius 2 is 1.56 bits per heavy atom. The Labute approximate surface area is 89.6 Å². The van der Waals surface area contributed by atoms with Gasteiger partial charge in [-0.05, 0) is 19.3 Å². The fraction of sp³-hybridized carbons (Fsp3) is 0.750. The number of hydrogen-bond acceptors (Lipinski definition) is 4. The SMILES string of the molecule is NC(CCC[C@H](N)C(=O)O)C(=O)C(F)(F)F. The lowest BCUT2D eigenvalue weighted by atomic mass is 10.0. The van der Waals surface area contributed by atoms with Crippen molar-refractivity contribution in [2.24, 2.45) is 11.5 Å². The van der Waals surface area contributed by atoms with Gasteiger partial charge < -0.3 is 16.6 Å². The molecule has 0 aromatic rings. The molecule has 0 heterocycles. The maximum absolute atomic E-state index is 11.9. The molecule has 0 fully saturated rings. The van der Waals surface area contributed by atoms with Gasteiger partial charge in [-0.1, -0.05) is 0 Å². The van der Waals surface area contributed by atoms with Crippen molar-refractivity contribution in [3.05, 3.63) is 0 Å². The maximum Gasteiger partial charge on any atom is 0.451 e. The molecular formula is C8H13F3N2O3. The van der Waals surface area contributed by atoms with Crippen LogP contribution in [0.5, 0.6) is 0 Å². The lowest BCUT2D eigenvalue weighted by Gasteiger charge is -2.13. The molecule has 8 heteroatoms. The van der Waals surface area contributed by atoms with Crippen molar-refractivity contribution >= 4 is 11.8 Å². The number of halogens is 3. The molecule has 0 saturated heterocycles. The zero-order valence-corrected chi connectivity index (χ0v) is 8.33. The van der Waals surface area contributed by atoms with Crippen LogP contribution in [0.2, 0.25) is 0 Å². The van der Waals surface area contributed by atoms with E-state index in [1.54, 1.807) is 0 Å². The second-order valence-electron chi connectivity index (χ2n) is 3.34. The number of carboxylic acids is 1. The molecule has 0 aliphatic heterocycles. The van der Waals surface area contributed by atoms with E-state index in [4.69, 9.17) is 16.6 Å². The number of rotatable bonds is 6. The van der Waals surface area contributed by atoms with Crippen LogP contribution in [0.1, 0.15) is 19.3 Å². The Morgan fingerprint density at radius 1 is 1.12 bits per heavy atom. The number of nitrogens with two attached hydrogens (primary N) is 2. The van der Waals surface area contributed by atoms with Gasteiger partial charge in [-0.3, -0.25) is 9.59 Å². The van der Waals surface area contributed by atoms with Gasteiger partial charge in [0.15, 0.2) is 0 Å². The third kappa shape index (κ3) is 5.08. The van der Waals surface area contributed by atoms with Crippen molar-refractivity contribution in [3.63, 3.8) is 0 Å². The maximum atomic E-state index is 11.9. The standard InChI is InChI=1S/C8H13F3N2O3/c9-8(10,11)6(14)4(12)2-1-3-5(13)7(15)16/h4-5H,1-3,12-13H2,(H,15,16)/t4?,5-/m0/s1. The second kappa shape index (κ2) is 5.80. The summed E-state index contributed by atoms with van der Waals surface area (Å²) >= 11 is 0. The van der Waals surface area contributed by atoms with Gasteiger partial charge in [0.25, 0.3) is 5.78 Å². The molecule has 0 aliphatic carbocycles. The summed E-state index contributed by atoms with van der Waals surface area (Å²) in [4.78, 5) is 20.8. The fourth-order valence-corrected chi connectivity index (χ4v) is 1.02. The lowest BCUT2D eigenvalue weighted by molar-refractivity contribution is -0.172. The van der Waals surface area contributed by atoms with Crippen LogP contribution in [0.15, 0.2) is 0 Å². The van der Waals surface area contributed by atoms with Crippen LogP contribution >= 0.6 is 0 Å². The zero-order valence-electron chi connectivity index (χ0n) is 8.33. The summed E-state index contributed by atoms with van der Waals surface area (Å²) in [6.45, 7) is 0. The van der Waals surface area contributed by atoms with Gasteiger partial charge in [-0.25, -0.2) is 0 Å². The Kier molecular flexibility index (Phi) is 5.39. The van der Waals surface area contributed by atoms with E-state index >= 15 is 0 Å². The van der Waals surface area contributed by atoms with E-state index in [0.29, 0.717) is 0 Å². The summed E-state index contributed by atoms with van der Waals surface area (Å²) in [5.74, 6) is -3.24. The molecule has 0 saturated carbocycles. The quantitative estimate of drug-likeness (QED) is 0.609. The highest BCUT2D eigenvalue weighted by Crippen LogP contribution is 2.19. The number of carbonyl (C=O) groups is 2. The van der Waals surface area contributed by atoms with Crippen molar-refractivity contribution in [1.29, 1.82) is 0 Å². The molecule has 16 heavy (non-hydrogen) atoms. The van der Waals surface area contributed by atoms with Crippen LogP contribution in [-0.4, -0.2) is 35.1 Å². The number of carbonyl (C=O) groups excluding carboxylic acids is 1. The first-order valence-corrected chi connectivity index (χ1v) is 4.51. The van der Waals surface area contributed by atoms with E-state index in [9.17, 15) is 22.8 Å². The van der Waals surface area contributed by atoms with E-state index in [-0.39, 0.29) is 19.3 Å². The molecule has 0 aromatic heterocycles. The summed E-state index contributed by atoms with van der Waals surface area (Å²) in [6.07, 6.45) is -5.15. The van der Waals surface area contributed by atoms with Crippen LogP contribution in [0, 0.1) is 0 Å². The minimum Gasteiger partial charge on any atom is -0.480 e. The summed E-state index contributed by atoms with van der Waals surface area (Å²) in [7, 11) is 0. The Bertz CT molecular complexity index is 268. The summed E-state index contributed by atoms with van der Waals surface area (Å²) in [6, 6.07) is -2.80. The first-order chi connectivity index (χ1) is 7.16. The number of hydrogen-bond donors (Lipinski definition) is 3. The minimum atomic E-state index is -4.95. The van der Waals surface area contributed by atoms with Gasteiger partial charge in [-0.15, -0.1) is 0 Å². The molecule has 0 bridgehead atoms. The van der Waals surface area contributed by atoms with Gasteiger partial charge in [0.1, 0.15) is 6.04 Å². The first kappa shape index (κ1) is 14.8. The number of Topliss-reactive ketones (excluding diaryl/α,β-unsaturated/α-hetero) is 1. The summed E-state index contributed by atoms with van der Waals surface area (Å²) in [5.41, 5.74) is 10.1. The molecule has 5 N–H and O–H groups in total. The highest BCUT2D eigenvalue weighted by Gasteiger charge is 2.41.